The molecule has 0 aliphatic rings. The molecule has 0 aliphatic carbocycles. The lowest BCUT2D eigenvalue weighted by Crippen LogP contribution is -2.16. The number of fused-ring (bicyclic) bond motifs is 1. The second kappa shape index (κ2) is 6.56. The Hall–Kier alpha value is -3.48. The molecule has 0 aliphatic heterocycles. The summed E-state index contributed by atoms with van der Waals surface area (Å²) in [5.41, 5.74) is 4.00. The van der Waals surface area contributed by atoms with Crippen LogP contribution in [0.2, 0.25) is 0 Å². The summed E-state index contributed by atoms with van der Waals surface area (Å²) in [5, 5.41) is 18.8. The van der Waals surface area contributed by atoms with E-state index >= 15 is 0 Å². The van der Waals surface area contributed by atoms with Gasteiger partial charge in [0.1, 0.15) is 0 Å². The molecule has 0 saturated heterocycles. The molecular weight excluding hydrogens is 314 g/mol. The topological polar surface area (TPSA) is 71.2 Å². The van der Waals surface area contributed by atoms with E-state index in [0.717, 1.165) is 17.9 Å². The van der Waals surface area contributed by atoms with Crippen LogP contribution in [0.25, 0.3) is 5.65 Å². The van der Waals surface area contributed by atoms with E-state index in [9.17, 15) is 0 Å². The highest BCUT2D eigenvalue weighted by molar-refractivity contribution is 5.61. The number of aromatic nitrogens is 5. The minimum Gasteiger partial charge on any atom is -0.370 e. The van der Waals surface area contributed by atoms with Gasteiger partial charge in [-0.2, -0.15) is 0 Å². The molecule has 7 heteroatoms. The molecule has 0 spiro atoms. The first-order valence-corrected chi connectivity index (χ1v) is 7.95. The first-order chi connectivity index (χ1) is 12.3. The second-order valence-electron chi connectivity index (χ2n) is 5.76. The van der Waals surface area contributed by atoms with Gasteiger partial charge < -0.3 is 10.2 Å². The second-order valence-corrected chi connectivity index (χ2v) is 5.76. The summed E-state index contributed by atoms with van der Waals surface area (Å²) in [7, 11) is 2.09. The van der Waals surface area contributed by atoms with Gasteiger partial charge in [0.2, 0.25) is 0 Å². The Balaban J connectivity index is 1.45. The van der Waals surface area contributed by atoms with E-state index in [2.05, 4.69) is 74.3 Å². The van der Waals surface area contributed by atoms with Crippen LogP contribution in [0.3, 0.4) is 0 Å². The van der Waals surface area contributed by atoms with Crippen molar-refractivity contribution < 1.29 is 0 Å². The zero-order chi connectivity index (χ0) is 17.1. The van der Waals surface area contributed by atoms with Crippen molar-refractivity contribution in [1.82, 2.24) is 25.3 Å². The third-order valence-corrected chi connectivity index (χ3v) is 3.91. The molecule has 1 N–H and O–H groups in total. The normalized spacial score (nSPS) is 10.8. The summed E-state index contributed by atoms with van der Waals surface area (Å²) in [6.07, 6.45) is 0. The van der Waals surface area contributed by atoms with Gasteiger partial charge in [-0.1, -0.05) is 30.3 Å². The lowest BCUT2D eigenvalue weighted by Gasteiger charge is -2.20. The molecule has 0 unspecified atom stereocenters. The third-order valence-electron chi connectivity index (χ3n) is 3.91. The van der Waals surface area contributed by atoms with Gasteiger partial charge in [0.25, 0.3) is 0 Å². The van der Waals surface area contributed by atoms with Crippen LogP contribution in [0.15, 0.2) is 66.7 Å². The van der Waals surface area contributed by atoms with E-state index in [1.54, 1.807) is 0 Å². The van der Waals surface area contributed by atoms with E-state index in [1.807, 2.05) is 30.3 Å². The average Bonchev–Trinajstić information content (AvgIpc) is 3.11. The molecule has 4 aromatic rings. The van der Waals surface area contributed by atoms with Gasteiger partial charge in [-0.3, -0.25) is 0 Å². The molecule has 0 radical (unpaired) electrons. The van der Waals surface area contributed by atoms with Gasteiger partial charge in [0, 0.05) is 25.0 Å². The highest BCUT2D eigenvalue weighted by atomic mass is 15.6. The molecule has 2 aromatic heterocycles. The quantitative estimate of drug-likeness (QED) is 0.606. The molecule has 4 rings (SSSR count). The third kappa shape index (κ3) is 3.40. The van der Waals surface area contributed by atoms with E-state index in [1.165, 1.54) is 10.2 Å². The summed E-state index contributed by atoms with van der Waals surface area (Å²) in [5.74, 6) is 0.685. The van der Waals surface area contributed by atoms with Crippen molar-refractivity contribution in [2.45, 2.75) is 6.54 Å². The molecular formula is C18H17N7. The Kier molecular flexibility index (Phi) is 3.96. The van der Waals surface area contributed by atoms with Gasteiger partial charge in [-0.15, -0.1) is 14.8 Å². The molecule has 0 amide bonds. The molecule has 2 aromatic carbocycles. The van der Waals surface area contributed by atoms with E-state index in [0.29, 0.717) is 11.5 Å². The van der Waals surface area contributed by atoms with Gasteiger partial charge in [-0.25, -0.2) is 0 Å². The fraction of sp³-hybridized carbons (Fsp3) is 0.111. The number of benzene rings is 2. The van der Waals surface area contributed by atoms with E-state index in [-0.39, 0.29) is 0 Å². The van der Waals surface area contributed by atoms with Crippen LogP contribution in [0.5, 0.6) is 0 Å². The van der Waals surface area contributed by atoms with Crippen molar-refractivity contribution in [3.8, 4) is 0 Å². The molecule has 0 atom stereocenters. The molecule has 124 valence electrons. The Morgan fingerprint density at radius 2 is 1.76 bits per heavy atom. The van der Waals surface area contributed by atoms with Crippen LogP contribution in [0.1, 0.15) is 5.56 Å². The highest BCUT2D eigenvalue weighted by Crippen LogP contribution is 2.21. The predicted molar refractivity (Wildman–Crippen MR) is 96.9 cm³/mol. The maximum absolute atomic E-state index is 4.30. The summed E-state index contributed by atoms with van der Waals surface area (Å²) in [6.45, 7) is 0.866. The van der Waals surface area contributed by atoms with Gasteiger partial charge >= 0.3 is 0 Å². The van der Waals surface area contributed by atoms with Crippen LogP contribution in [0.4, 0.5) is 17.2 Å². The molecule has 0 bridgehead atoms. The molecule has 25 heavy (non-hydrogen) atoms. The van der Waals surface area contributed by atoms with E-state index in [4.69, 9.17) is 0 Å². The van der Waals surface area contributed by atoms with E-state index < -0.39 is 0 Å². The fourth-order valence-corrected chi connectivity index (χ4v) is 2.61. The van der Waals surface area contributed by atoms with Crippen molar-refractivity contribution >= 4 is 22.8 Å². The van der Waals surface area contributed by atoms with Crippen LogP contribution in [-0.4, -0.2) is 32.3 Å². The average molecular weight is 331 g/mol. The van der Waals surface area contributed by atoms with Crippen LogP contribution in [0, 0.1) is 0 Å². The smallest absolute Gasteiger partial charge is 0.200 e. The van der Waals surface area contributed by atoms with Crippen LogP contribution in [-0.2, 0) is 6.54 Å². The number of hydrogen-bond donors (Lipinski definition) is 1. The number of nitrogens with one attached hydrogen (secondary N) is 1. The van der Waals surface area contributed by atoms with Crippen molar-refractivity contribution in [3.05, 3.63) is 72.3 Å². The van der Waals surface area contributed by atoms with Gasteiger partial charge in [0.15, 0.2) is 11.5 Å². The number of anilines is 3. The predicted octanol–water partition coefficient (Wildman–Crippen LogP) is 2.90. The number of rotatable bonds is 5. The first-order valence-electron chi connectivity index (χ1n) is 7.95. The molecule has 7 nitrogen and oxygen atoms in total. The number of tetrazole rings is 1. The summed E-state index contributed by atoms with van der Waals surface area (Å²) < 4.78 is 1.39. The summed E-state index contributed by atoms with van der Waals surface area (Å²) in [4.78, 5) is 2.21. The maximum atomic E-state index is 4.30. The minimum absolute atomic E-state index is 0.614. The van der Waals surface area contributed by atoms with Gasteiger partial charge in [-0.05, 0) is 52.4 Å². The Morgan fingerprint density at radius 1 is 0.960 bits per heavy atom. The fourth-order valence-electron chi connectivity index (χ4n) is 2.61. The Morgan fingerprint density at radius 3 is 2.56 bits per heavy atom. The minimum atomic E-state index is 0.614. The molecule has 0 fully saturated rings. The standard InChI is InChI=1S/C18H17N7/c1-24(13-14-5-3-2-4-6-14)16-9-7-15(8-10-16)19-17-11-12-18-20-22-23-25(18)21-17/h2-12H,13H2,1H3,(H,19,21). The monoisotopic (exact) mass is 331 g/mol. The number of hydrogen-bond acceptors (Lipinski definition) is 6. The van der Waals surface area contributed by atoms with Crippen LogP contribution >= 0.6 is 0 Å². The number of nitrogens with zero attached hydrogens (tertiary/aromatic N) is 6. The van der Waals surface area contributed by atoms with Crippen molar-refractivity contribution in [3.63, 3.8) is 0 Å². The zero-order valence-electron chi connectivity index (χ0n) is 13.7. The highest BCUT2D eigenvalue weighted by Gasteiger charge is 2.04. The van der Waals surface area contributed by atoms with Crippen molar-refractivity contribution in [1.29, 1.82) is 0 Å². The zero-order valence-corrected chi connectivity index (χ0v) is 13.7. The summed E-state index contributed by atoms with van der Waals surface area (Å²) in [6, 6.07) is 22.3. The van der Waals surface area contributed by atoms with Crippen molar-refractivity contribution in [2.24, 2.45) is 0 Å². The van der Waals surface area contributed by atoms with Gasteiger partial charge in [0.05, 0.1) is 0 Å². The van der Waals surface area contributed by atoms with Crippen molar-refractivity contribution in [2.75, 3.05) is 17.3 Å². The Labute approximate surface area is 144 Å². The maximum Gasteiger partial charge on any atom is 0.200 e. The van der Waals surface area contributed by atoms with Crippen LogP contribution < -0.4 is 10.2 Å². The summed E-state index contributed by atoms with van der Waals surface area (Å²) >= 11 is 0. The lowest BCUT2D eigenvalue weighted by molar-refractivity contribution is 0.736. The first kappa shape index (κ1) is 15.1. The lowest BCUT2D eigenvalue weighted by atomic mass is 10.2. The SMILES string of the molecule is CN(Cc1ccccc1)c1ccc(Nc2ccc3nnnn3n2)cc1. The molecule has 2 heterocycles. The largest absolute Gasteiger partial charge is 0.370 e. The Bertz CT molecular complexity index is 964. The molecule has 0 saturated carbocycles.